The van der Waals surface area contributed by atoms with Crippen molar-refractivity contribution < 1.29 is 19.2 Å². The monoisotopic (exact) mass is 385 g/mol. The van der Waals surface area contributed by atoms with Gasteiger partial charge in [0.25, 0.3) is 5.91 Å². The van der Waals surface area contributed by atoms with Gasteiger partial charge in [-0.1, -0.05) is 17.7 Å². The lowest BCUT2D eigenvalue weighted by Gasteiger charge is -2.23. The molecule has 1 amide bonds. The first-order chi connectivity index (χ1) is 13.2. The van der Waals surface area contributed by atoms with Crippen molar-refractivity contribution in [3.8, 4) is 11.5 Å². The van der Waals surface area contributed by atoms with Crippen LogP contribution < -0.4 is 19.7 Å². The molecule has 0 heterocycles. The number of nitrogens with one attached hydrogen (secondary N) is 2. The van der Waals surface area contributed by atoms with Gasteiger partial charge in [-0.3, -0.25) is 4.79 Å². The summed E-state index contributed by atoms with van der Waals surface area (Å²) in [7, 11) is 5.31. The zero-order valence-electron chi connectivity index (χ0n) is 18.3. The van der Waals surface area contributed by atoms with E-state index in [0.29, 0.717) is 12.3 Å². The molecule has 0 radical (unpaired) electrons. The number of carbonyl (C=O) groups excluding carboxylic acids is 1. The molecular formula is C23H33N2O3+. The molecule has 0 aliphatic rings. The topological polar surface area (TPSA) is 52.0 Å². The van der Waals surface area contributed by atoms with Crippen LogP contribution in [0.2, 0.25) is 0 Å². The summed E-state index contributed by atoms with van der Waals surface area (Å²) >= 11 is 0. The van der Waals surface area contributed by atoms with Gasteiger partial charge in [-0.2, -0.15) is 0 Å². The van der Waals surface area contributed by atoms with Crippen molar-refractivity contribution in [2.75, 3.05) is 26.6 Å². The smallest absolute Gasteiger partial charge is 0.282 e. The van der Waals surface area contributed by atoms with E-state index in [1.165, 1.54) is 5.56 Å². The van der Waals surface area contributed by atoms with Crippen molar-refractivity contribution in [2.45, 2.75) is 47.2 Å². The molecule has 28 heavy (non-hydrogen) atoms. The second-order valence-corrected chi connectivity index (χ2v) is 7.64. The number of ether oxygens (including phenoxy) is 2. The third kappa shape index (κ3) is 4.84. The predicted octanol–water partition coefficient (Wildman–Crippen LogP) is 2.98. The zero-order chi connectivity index (χ0) is 21.0. The lowest BCUT2D eigenvalue weighted by Crippen LogP contribution is -3.12. The van der Waals surface area contributed by atoms with Crippen molar-refractivity contribution in [1.29, 1.82) is 0 Å². The third-order valence-electron chi connectivity index (χ3n) is 5.37. The molecule has 2 rings (SSSR count). The van der Waals surface area contributed by atoms with Crippen LogP contribution in [0.3, 0.4) is 0 Å². The van der Waals surface area contributed by atoms with Crippen LogP contribution >= 0.6 is 0 Å². The highest BCUT2D eigenvalue weighted by Gasteiger charge is 2.24. The molecule has 0 aliphatic carbocycles. The molecule has 0 saturated carbocycles. The fourth-order valence-corrected chi connectivity index (χ4v) is 3.50. The summed E-state index contributed by atoms with van der Waals surface area (Å²) in [5.74, 6) is 1.45. The molecule has 2 N–H and O–H groups in total. The van der Waals surface area contributed by atoms with E-state index in [1.54, 1.807) is 14.2 Å². The van der Waals surface area contributed by atoms with E-state index in [0.717, 1.165) is 38.6 Å². The minimum absolute atomic E-state index is 0.0192. The number of carbonyl (C=O) groups is 1. The Labute approximate surface area is 168 Å². The van der Waals surface area contributed by atoms with E-state index in [2.05, 4.69) is 24.4 Å². The van der Waals surface area contributed by atoms with Crippen LogP contribution in [0.15, 0.2) is 24.3 Å². The minimum atomic E-state index is -0.201. The van der Waals surface area contributed by atoms with E-state index in [4.69, 9.17) is 9.47 Å². The van der Waals surface area contributed by atoms with Gasteiger partial charge >= 0.3 is 0 Å². The van der Waals surface area contributed by atoms with Gasteiger partial charge in [-0.25, -0.2) is 0 Å². The highest BCUT2D eigenvalue weighted by molar-refractivity contribution is 5.95. The third-order valence-corrected chi connectivity index (χ3v) is 5.37. The average Bonchev–Trinajstić information content (AvgIpc) is 2.64. The van der Waals surface area contributed by atoms with Gasteiger partial charge in [0, 0.05) is 11.3 Å². The van der Waals surface area contributed by atoms with Gasteiger partial charge in [0.15, 0.2) is 17.5 Å². The number of aryl methyl sites for hydroxylation is 4. The van der Waals surface area contributed by atoms with E-state index >= 15 is 0 Å². The number of anilines is 1. The molecule has 2 aromatic rings. The predicted molar refractivity (Wildman–Crippen MR) is 114 cm³/mol. The number of benzene rings is 2. The van der Waals surface area contributed by atoms with Gasteiger partial charge in [-0.05, 0) is 63.4 Å². The largest absolute Gasteiger partial charge is 0.493 e. The standard InChI is InChI=1S/C23H32N2O3/c1-14-9-16(3)22(17(4)10-14)24-23(26)18(5)25(6)13-19-12-21(28-8)20(27-7)11-15(19)2/h9-12,18H,13H2,1-8H3,(H,24,26)/p+1/t18-/m1/s1. The molecule has 152 valence electrons. The van der Waals surface area contributed by atoms with Crippen LogP contribution in [-0.2, 0) is 11.3 Å². The maximum Gasteiger partial charge on any atom is 0.282 e. The van der Waals surface area contributed by atoms with Gasteiger partial charge < -0.3 is 19.7 Å². The molecular weight excluding hydrogens is 352 g/mol. The number of amides is 1. The molecule has 0 fully saturated rings. The first kappa shape index (κ1) is 21.8. The normalized spacial score (nSPS) is 13.0. The summed E-state index contributed by atoms with van der Waals surface area (Å²) in [6.07, 6.45) is 0. The number of likely N-dealkylation sites (N-methyl/N-ethyl adjacent to an activating group) is 1. The Bertz CT molecular complexity index is 838. The number of quaternary nitrogens is 1. The summed E-state index contributed by atoms with van der Waals surface area (Å²) in [6, 6.07) is 7.96. The zero-order valence-corrected chi connectivity index (χ0v) is 18.3. The molecule has 0 aromatic heterocycles. The van der Waals surface area contributed by atoms with Crippen molar-refractivity contribution >= 4 is 11.6 Å². The summed E-state index contributed by atoms with van der Waals surface area (Å²) in [4.78, 5) is 14.0. The number of hydrogen-bond acceptors (Lipinski definition) is 3. The van der Waals surface area contributed by atoms with Crippen molar-refractivity contribution in [1.82, 2.24) is 0 Å². The molecule has 0 aliphatic heterocycles. The van der Waals surface area contributed by atoms with Gasteiger partial charge in [0.2, 0.25) is 0 Å². The van der Waals surface area contributed by atoms with Crippen LogP contribution in [-0.4, -0.2) is 33.2 Å². The van der Waals surface area contributed by atoms with Crippen LogP contribution in [0.25, 0.3) is 0 Å². The molecule has 5 nitrogen and oxygen atoms in total. The Hall–Kier alpha value is -2.53. The van der Waals surface area contributed by atoms with E-state index in [-0.39, 0.29) is 11.9 Å². The summed E-state index contributed by atoms with van der Waals surface area (Å²) < 4.78 is 10.8. The summed E-state index contributed by atoms with van der Waals surface area (Å²) in [6.45, 7) is 10.9. The Morgan fingerprint density at radius 3 is 2.04 bits per heavy atom. The summed E-state index contributed by atoms with van der Waals surface area (Å²) in [5, 5.41) is 3.12. The molecule has 2 aromatic carbocycles. The SMILES string of the molecule is COc1cc(C)c(C[NH+](C)[C@H](C)C(=O)Nc2c(C)cc(C)cc2C)cc1OC. The van der Waals surface area contributed by atoms with Crippen LogP contribution in [0.5, 0.6) is 11.5 Å². The Morgan fingerprint density at radius 2 is 1.50 bits per heavy atom. The van der Waals surface area contributed by atoms with Crippen molar-refractivity contribution in [3.05, 3.63) is 52.1 Å². The highest BCUT2D eigenvalue weighted by atomic mass is 16.5. The van der Waals surface area contributed by atoms with Gasteiger partial charge in [0.05, 0.1) is 21.3 Å². The van der Waals surface area contributed by atoms with E-state index < -0.39 is 0 Å². The Balaban J connectivity index is 2.14. The molecule has 2 atom stereocenters. The quantitative estimate of drug-likeness (QED) is 0.770. The van der Waals surface area contributed by atoms with Crippen molar-refractivity contribution in [2.24, 2.45) is 0 Å². The number of hydrogen-bond donors (Lipinski definition) is 2. The molecule has 0 saturated heterocycles. The fourth-order valence-electron chi connectivity index (χ4n) is 3.50. The molecule has 1 unspecified atom stereocenters. The maximum absolute atomic E-state index is 12.9. The summed E-state index contributed by atoms with van der Waals surface area (Å²) in [5.41, 5.74) is 6.55. The van der Waals surface area contributed by atoms with E-state index in [1.807, 2.05) is 46.9 Å². The molecule has 5 heteroatoms. The lowest BCUT2D eigenvalue weighted by molar-refractivity contribution is -0.907. The van der Waals surface area contributed by atoms with Crippen LogP contribution in [0, 0.1) is 27.7 Å². The lowest BCUT2D eigenvalue weighted by atomic mass is 10.0. The van der Waals surface area contributed by atoms with Crippen LogP contribution in [0.4, 0.5) is 5.69 Å². The van der Waals surface area contributed by atoms with Gasteiger partial charge in [-0.15, -0.1) is 0 Å². The second kappa shape index (κ2) is 9.11. The van der Waals surface area contributed by atoms with Crippen LogP contribution in [0.1, 0.15) is 34.7 Å². The Kier molecular flexibility index (Phi) is 7.08. The fraction of sp³-hybridized carbons (Fsp3) is 0.435. The van der Waals surface area contributed by atoms with Crippen molar-refractivity contribution in [3.63, 3.8) is 0 Å². The first-order valence-electron chi connectivity index (χ1n) is 9.60. The van der Waals surface area contributed by atoms with E-state index in [9.17, 15) is 4.79 Å². The first-order valence-corrected chi connectivity index (χ1v) is 9.60. The maximum atomic E-state index is 12.9. The second-order valence-electron chi connectivity index (χ2n) is 7.64. The number of methoxy groups -OCH3 is 2. The molecule has 0 spiro atoms. The number of rotatable bonds is 7. The molecule has 0 bridgehead atoms. The minimum Gasteiger partial charge on any atom is -0.493 e. The Morgan fingerprint density at radius 1 is 0.964 bits per heavy atom. The van der Waals surface area contributed by atoms with Gasteiger partial charge in [0.1, 0.15) is 6.54 Å². The average molecular weight is 386 g/mol. The highest BCUT2D eigenvalue weighted by Crippen LogP contribution is 2.30.